The summed E-state index contributed by atoms with van der Waals surface area (Å²) in [7, 11) is -9.80. The first kappa shape index (κ1) is 117. The highest BCUT2D eigenvalue weighted by molar-refractivity contribution is 7.47. The molecule has 4 N–H and O–H groups in total. The maximum absolute atomic E-state index is 13.0. The number of rotatable bonds is 94. The van der Waals surface area contributed by atoms with Crippen LogP contribution < -0.4 is 0 Å². The zero-order chi connectivity index (χ0) is 87.9. The summed E-state index contributed by atoms with van der Waals surface area (Å²) in [4.78, 5) is 59.0. The van der Waals surface area contributed by atoms with E-state index in [1.54, 1.807) is 0 Å². The van der Waals surface area contributed by atoms with E-state index in [4.69, 9.17) is 32.3 Å². The van der Waals surface area contributed by atoms with Gasteiger partial charge in [0.05, 0.1) is 26.4 Å². The van der Waals surface area contributed by atoms with Crippen LogP contribution in [0.5, 0.6) is 0 Å². The van der Waals surface area contributed by atoms with Crippen molar-refractivity contribution >= 4 is 33.6 Å². The molecule has 0 saturated carbocycles. The van der Waals surface area contributed by atoms with E-state index in [1.807, 2.05) is 0 Å². The number of carbonyl (C=O) groups excluding carboxylic acids is 3. The van der Waals surface area contributed by atoms with Gasteiger partial charge in [0.15, 0.2) is 6.10 Å². The van der Waals surface area contributed by atoms with Crippen molar-refractivity contribution in [1.82, 2.24) is 0 Å². The molecule has 0 aliphatic carbocycles. The van der Waals surface area contributed by atoms with E-state index in [0.717, 1.165) is 141 Å². The van der Waals surface area contributed by atoms with Crippen LogP contribution in [-0.4, -0.2) is 95.9 Å². The van der Waals surface area contributed by atoms with Crippen LogP contribution in [0.25, 0.3) is 0 Å². The predicted molar refractivity (Wildman–Crippen MR) is 510 cm³/mol. The molecule has 0 aliphatic rings. The zero-order valence-electron chi connectivity index (χ0n) is 77.4. The molecule has 0 rings (SSSR count). The summed E-state index contributed by atoms with van der Waals surface area (Å²) in [5.41, 5.74) is 0. The molecule has 0 aromatic heterocycles. The summed E-state index contributed by atoms with van der Waals surface area (Å²) in [5.74, 6) is -1.56. The molecule has 18 heteroatoms. The average Bonchev–Trinajstić information content (AvgIpc) is 0.890. The van der Waals surface area contributed by atoms with E-state index in [1.165, 1.54) is 244 Å². The van der Waals surface area contributed by atoms with Crippen molar-refractivity contribution in [2.45, 2.75) is 463 Å². The van der Waals surface area contributed by atoms with Crippen LogP contribution in [0.2, 0.25) is 0 Å². The van der Waals surface area contributed by atoms with Gasteiger partial charge in [-0.05, 0) is 135 Å². The lowest BCUT2D eigenvalue weighted by atomic mass is 10.0. The monoisotopic (exact) mass is 1740 g/mol. The number of hydrogen-bond donors (Lipinski definition) is 4. The Balaban J connectivity index is 4.38. The molecule has 5 atom stereocenters. The number of hydrogen-bond acceptors (Lipinski definition) is 14. The molecule has 0 amide bonds. The molecular weight excluding hydrogens is 1560 g/mol. The lowest BCUT2D eigenvalue weighted by Crippen LogP contribution is -2.30. The van der Waals surface area contributed by atoms with E-state index in [2.05, 4.69) is 154 Å². The van der Waals surface area contributed by atoms with Gasteiger partial charge in [-0.1, -0.05) is 424 Å². The maximum Gasteiger partial charge on any atom is 0.472 e. The SMILES string of the molecule is CC/C=C\C/C=C\C/C=C\C/C=C\C/C=C\CCCCCCCCCCCCCCCCCCCCCC(=O)OCC(O)COP(=O)(O)OCC(O)COP(=O)(O)OCC(COC(=O)CCCCCCCCCCCCCCCCCCCCC/C=C\C/C=C\C/C=C\C/C=C\C/C=C\CC)OC(=O)CCCCCCC/C=C\CCCCCCCC. The lowest BCUT2D eigenvalue weighted by Gasteiger charge is -2.21. The molecule has 121 heavy (non-hydrogen) atoms. The molecule has 16 nitrogen and oxygen atoms in total. The van der Waals surface area contributed by atoms with E-state index < -0.39 is 91.5 Å². The molecule has 0 saturated heterocycles. The summed E-state index contributed by atoms with van der Waals surface area (Å²) in [6, 6.07) is 0. The first-order valence-electron chi connectivity index (χ1n) is 49.5. The van der Waals surface area contributed by atoms with E-state index in [-0.39, 0.29) is 19.3 Å². The third-order valence-electron chi connectivity index (χ3n) is 21.3. The number of unbranched alkanes of at least 4 members (excludes halogenated alkanes) is 49. The second-order valence-electron chi connectivity index (χ2n) is 33.2. The summed E-state index contributed by atoms with van der Waals surface area (Å²) in [5, 5.41) is 20.7. The van der Waals surface area contributed by atoms with Crippen molar-refractivity contribution in [3.05, 3.63) is 134 Å². The second-order valence-corrected chi connectivity index (χ2v) is 36.1. The fourth-order valence-electron chi connectivity index (χ4n) is 13.9. The summed E-state index contributed by atoms with van der Waals surface area (Å²) in [6.45, 7) is 2.52. The highest BCUT2D eigenvalue weighted by Gasteiger charge is 2.30. The molecule has 0 fully saturated rings. The minimum Gasteiger partial charge on any atom is -0.463 e. The van der Waals surface area contributed by atoms with Gasteiger partial charge >= 0.3 is 33.6 Å². The first-order chi connectivity index (χ1) is 59.2. The number of aliphatic hydroxyl groups is 2. The number of phosphoric ester groups is 2. The number of allylic oxidation sites excluding steroid dienone is 22. The zero-order valence-corrected chi connectivity index (χ0v) is 79.2. The highest BCUT2D eigenvalue weighted by atomic mass is 31.2. The van der Waals surface area contributed by atoms with Crippen LogP contribution in [0.1, 0.15) is 445 Å². The number of phosphoric acid groups is 2. The fraction of sp³-hybridized carbons (Fsp3) is 0.757. The lowest BCUT2D eigenvalue weighted by molar-refractivity contribution is -0.161. The van der Waals surface area contributed by atoms with E-state index in [9.17, 15) is 43.5 Å². The molecule has 700 valence electrons. The van der Waals surface area contributed by atoms with Crippen LogP contribution in [0.15, 0.2) is 134 Å². The first-order valence-corrected chi connectivity index (χ1v) is 52.5. The number of ether oxygens (including phenoxy) is 3. The van der Waals surface area contributed by atoms with E-state index >= 15 is 0 Å². The third kappa shape index (κ3) is 96.2. The summed E-state index contributed by atoms with van der Waals surface area (Å²) >= 11 is 0. The summed E-state index contributed by atoms with van der Waals surface area (Å²) in [6.07, 6.45) is 120. The van der Waals surface area contributed by atoms with Gasteiger partial charge in [-0.25, -0.2) is 9.13 Å². The molecule has 0 spiro atoms. The van der Waals surface area contributed by atoms with Gasteiger partial charge in [-0.2, -0.15) is 0 Å². The molecule has 0 aromatic carbocycles. The number of aliphatic hydroxyl groups excluding tert-OH is 2. The van der Waals surface area contributed by atoms with Crippen molar-refractivity contribution in [2.24, 2.45) is 0 Å². The molecule has 0 bridgehead atoms. The van der Waals surface area contributed by atoms with Crippen LogP contribution >= 0.6 is 15.6 Å². The number of carbonyl (C=O) groups is 3. The Kier molecular flexibility index (Phi) is 91.4. The Hall–Kier alpha value is -4.31. The van der Waals surface area contributed by atoms with Crippen molar-refractivity contribution in [2.75, 3.05) is 39.6 Å². The Labute approximate surface area is 741 Å². The van der Waals surface area contributed by atoms with Gasteiger partial charge < -0.3 is 34.2 Å². The van der Waals surface area contributed by atoms with Crippen molar-refractivity contribution in [3.8, 4) is 0 Å². The smallest absolute Gasteiger partial charge is 0.463 e. The molecule has 0 aromatic rings. The summed E-state index contributed by atoms with van der Waals surface area (Å²) < 4.78 is 61.5. The van der Waals surface area contributed by atoms with Crippen molar-refractivity contribution in [1.29, 1.82) is 0 Å². The Morgan fingerprint density at radius 2 is 0.438 bits per heavy atom. The molecule has 0 heterocycles. The van der Waals surface area contributed by atoms with E-state index in [0.29, 0.717) is 19.3 Å². The second kappa shape index (κ2) is 94.8. The Morgan fingerprint density at radius 3 is 0.702 bits per heavy atom. The Morgan fingerprint density at radius 1 is 0.240 bits per heavy atom. The quantitative estimate of drug-likeness (QED) is 0.0146. The van der Waals surface area contributed by atoms with Gasteiger partial charge in [-0.15, -0.1) is 0 Å². The van der Waals surface area contributed by atoms with Gasteiger partial charge in [0.2, 0.25) is 0 Å². The maximum atomic E-state index is 13.0. The predicted octanol–water partition coefficient (Wildman–Crippen LogP) is 30.9. The van der Waals surface area contributed by atoms with Crippen LogP contribution in [0.4, 0.5) is 0 Å². The van der Waals surface area contributed by atoms with Gasteiger partial charge in [0.25, 0.3) is 0 Å². The largest absolute Gasteiger partial charge is 0.472 e. The topological polar surface area (TPSA) is 231 Å². The van der Waals surface area contributed by atoms with Gasteiger partial charge in [0.1, 0.15) is 25.4 Å². The minimum absolute atomic E-state index is 0.0973. The van der Waals surface area contributed by atoms with Crippen LogP contribution in [-0.2, 0) is 55.8 Å². The third-order valence-corrected chi connectivity index (χ3v) is 23.2. The standard InChI is InChI=1S/C103H182O16P2/c1-4-7-10-13-16-19-22-25-28-30-32-34-36-38-40-42-44-46-48-50-52-54-56-58-60-62-64-66-69-71-74-77-80-83-86-89-101(106)113-92-98(104)93-115-120(109,110)116-94-99(105)95-117-121(111,112)118-97-100(119-103(108)91-88-85-82-79-76-73-68-27-24-21-18-15-12-9-6-3)96-114-102(107)90-87-84-81-78-75-72-70-67-65-63-61-59-57-55-53-51-49-47-45-43-41-39-37-35-33-31-29-26-23-20-17-14-11-8-5-2/h7-8,10-11,16-17,19-20,25-29,32-35,38-41,68,98-100,104-105H,4-6,9,12-15,18,21-24,30-31,36-37,42-67,69-97H2,1-3H3,(H,109,110)(H,111,112)/b10-7-,11-8-,19-16-,20-17-,28-25-,29-26-,34-32-,35-33-,40-38-,41-39-,68-27-. The number of esters is 3. The molecule has 0 aliphatic heterocycles. The average molecular weight is 1740 g/mol. The highest BCUT2D eigenvalue weighted by Crippen LogP contribution is 2.45. The van der Waals surface area contributed by atoms with Crippen molar-refractivity contribution < 1.29 is 75.8 Å². The minimum atomic E-state index is -4.94. The molecule has 5 unspecified atom stereocenters. The molecular formula is C103H182O16P2. The van der Waals surface area contributed by atoms with Gasteiger partial charge in [0, 0.05) is 19.3 Å². The fourth-order valence-corrected chi connectivity index (χ4v) is 15.5. The van der Waals surface area contributed by atoms with Crippen LogP contribution in [0, 0.1) is 0 Å². The molecule has 0 radical (unpaired) electrons. The van der Waals surface area contributed by atoms with Crippen molar-refractivity contribution in [3.63, 3.8) is 0 Å². The van der Waals surface area contributed by atoms with Crippen LogP contribution in [0.3, 0.4) is 0 Å². The Bertz CT molecular complexity index is 2730. The normalized spacial score (nSPS) is 14.3. The van der Waals surface area contributed by atoms with Gasteiger partial charge in [-0.3, -0.25) is 32.5 Å².